The van der Waals surface area contributed by atoms with Gasteiger partial charge in [0.1, 0.15) is 18.1 Å². The van der Waals surface area contributed by atoms with Gasteiger partial charge in [-0.2, -0.15) is 0 Å². The minimum absolute atomic E-state index is 0.542. The van der Waals surface area contributed by atoms with Crippen molar-refractivity contribution in [2.75, 3.05) is 19.0 Å². The number of anilines is 1. The van der Waals surface area contributed by atoms with E-state index in [4.69, 9.17) is 9.47 Å². The molecule has 4 heteroatoms. The van der Waals surface area contributed by atoms with E-state index in [1.165, 1.54) is 12.0 Å². The maximum absolute atomic E-state index is 5.99. The van der Waals surface area contributed by atoms with Crippen LogP contribution in [0.1, 0.15) is 17.5 Å². The fraction of sp³-hybridized carbons (Fsp3) is 0.294. The summed E-state index contributed by atoms with van der Waals surface area (Å²) in [7, 11) is 1.66. The Balaban J connectivity index is 1.75. The predicted molar refractivity (Wildman–Crippen MR) is 88.3 cm³/mol. The first-order valence-electron chi connectivity index (χ1n) is 7.09. The van der Waals surface area contributed by atoms with Crippen LogP contribution in [0.15, 0.2) is 40.9 Å². The lowest BCUT2D eigenvalue weighted by Gasteiger charge is -2.21. The summed E-state index contributed by atoms with van der Waals surface area (Å²) in [4.78, 5) is 0. The van der Waals surface area contributed by atoms with Gasteiger partial charge in [0.15, 0.2) is 0 Å². The molecule has 0 saturated carbocycles. The highest BCUT2D eigenvalue weighted by molar-refractivity contribution is 9.10. The number of hydrogen-bond donors (Lipinski definition) is 1. The highest BCUT2D eigenvalue weighted by Gasteiger charge is 2.13. The van der Waals surface area contributed by atoms with Gasteiger partial charge in [-0.15, -0.1) is 0 Å². The number of hydrogen-bond acceptors (Lipinski definition) is 3. The smallest absolute Gasteiger partial charge is 0.143 e. The summed E-state index contributed by atoms with van der Waals surface area (Å²) in [5.41, 5.74) is 3.60. The average molecular weight is 348 g/mol. The molecule has 0 radical (unpaired) electrons. The average Bonchev–Trinajstić information content (AvgIpc) is 2.53. The third kappa shape index (κ3) is 3.16. The molecule has 2 aromatic carbocycles. The van der Waals surface area contributed by atoms with Gasteiger partial charge >= 0.3 is 0 Å². The zero-order chi connectivity index (χ0) is 14.7. The lowest BCUT2D eigenvalue weighted by Crippen LogP contribution is -2.13. The zero-order valence-electron chi connectivity index (χ0n) is 12.0. The molecule has 0 spiro atoms. The quantitative estimate of drug-likeness (QED) is 0.889. The van der Waals surface area contributed by atoms with Crippen LogP contribution >= 0.6 is 15.9 Å². The number of fused-ring (bicyclic) bond motifs is 1. The molecular formula is C17H18BrNO2. The van der Waals surface area contributed by atoms with Crippen LogP contribution in [0.25, 0.3) is 0 Å². The fourth-order valence-corrected chi connectivity index (χ4v) is 3.15. The molecule has 3 rings (SSSR count). The first kappa shape index (κ1) is 14.3. The van der Waals surface area contributed by atoms with E-state index in [9.17, 15) is 0 Å². The van der Waals surface area contributed by atoms with Crippen LogP contribution < -0.4 is 14.8 Å². The molecule has 3 nitrogen and oxygen atoms in total. The van der Waals surface area contributed by atoms with Crippen molar-refractivity contribution >= 4 is 21.6 Å². The van der Waals surface area contributed by atoms with Gasteiger partial charge in [-0.05, 0) is 58.1 Å². The van der Waals surface area contributed by atoms with Crippen LogP contribution in [0.4, 0.5) is 5.69 Å². The molecule has 1 aliphatic rings. The topological polar surface area (TPSA) is 30.5 Å². The number of methoxy groups -OCH3 is 1. The maximum Gasteiger partial charge on any atom is 0.143 e. The summed E-state index contributed by atoms with van der Waals surface area (Å²) in [6, 6.07) is 12.2. The Morgan fingerprint density at radius 3 is 2.90 bits per heavy atom. The Morgan fingerprint density at radius 2 is 2.10 bits per heavy atom. The molecule has 0 aromatic heterocycles. The molecule has 1 N–H and O–H groups in total. The first-order valence-corrected chi connectivity index (χ1v) is 7.88. The molecule has 0 saturated heterocycles. The normalized spacial score (nSPS) is 13.2. The van der Waals surface area contributed by atoms with E-state index >= 15 is 0 Å². The van der Waals surface area contributed by atoms with Crippen LogP contribution in [-0.2, 0) is 13.0 Å². The van der Waals surface area contributed by atoms with E-state index in [0.29, 0.717) is 6.61 Å². The molecule has 0 aliphatic carbocycles. The molecule has 1 heterocycles. The maximum atomic E-state index is 5.99. The molecular weight excluding hydrogens is 330 g/mol. The van der Waals surface area contributed by atoms with Gasteiger partial charge in [-0.1, -0.05) is 18.2 Å². The van der Waals surface area contributed by atoms with Crippen LogP contribution in [0.2, 0.25) is 0 Å². The van der Waals surface area contributed by atoms with Crippen molar-refractivity contribution in [3.63, 3.8) is 0 Å². The summed E-state index contributed by atoms with van der Waals surface area (Å²) < 4.78 is 12.2. The van der Waals surface area contributed by atoms with E-state index in [1.54, 1.807) is 7.11 Å². The lowest BCUT2D eigenvalue weighted by molar-refractivity contribution is 0.306. The number of nitrogens with one attached hydrogen (secondary N) is 1. The second-order valence-corrected chi connectivity index (χ2v) is 5.93. The van der Waals surface area contributed by atoms with E-state index in [2.05, 4.69) is 33.4 Å². The van der Waals surface area contributed by atoms with Crippen molar-refractivity contribution in [3.8, 4) is 11.5 Å². The summed E-state index contributed by atoms with van der Waals surface area (Å²) in [5, 5.41) is 3.44. The summed E-state index contributed by atoms with van der Waals surface area (Å²) in [5.74, 6) is 1.76. The van der Waals surface area contributed by atoms with Gasteiger partial charge in [-0.25, -0.2) is 0 Å². The van der Waals surface area contributed by atoms with Crippen LogP contribution in [0, 0.1) is 0 Å². The van der Waals surface area contributed by atoms with Gasteiger partial charge in [-0.3, -0.25) is 0 Å². The standard InChI is InChI=1S/C17H18BrNO2/c1-20-15-8-7-12(10-14(15)18)11-21-16-6-2-4-13-5-3-9-19-17(13)16/h2,4,6-8,10,19H,3,5,9,11H2,1H3. The SMILES string of the molecule is COc1ccc(COc2cccc3c2NCCC3)cc1Br. The molecule has 0 fully saturated rings. The second-order valence-electron chi connectivity index (χ2n) is 5.08. The van der Waals surface area contributed by atoms with Crippen LogP contribution in [0.5, 0.6) is 11.5 Å². The molecule has 21 heavy (non-hydrogen) atoms. The number of halogens is 1. The second kappa shape index (κ2) is 6.39. The monoisotopic (exact) mass is 347 g/mol. The Hall–Kier alpha value is -1.68. The third-order valence-electron chi connectivity index (χ3n) is 3.65. The molecule has 0 unspecified atom stereocenters. The Morgan fingerprint density at radius 1 is 1.19 bits per heavy atom. The number of ether oxygens (including phenoxy) is 2. The highest BCUT2D eigenvalue weighted by atomic mass is 79.9. The van der Waals surface area contributed by atoms with E-state index in [1.807, 2.05) is 24.3 Å². The first-order chi connectivity index (χ1) is 10.3. The van der Waals surface area contributed by atoms with E-state index < -0.39 is 0 Å². The number of benzene rings is 2. The summed E-state index contributed by atoms with van der Waals surface area (Å²) in [6.07, 6.45) is 2.30. The van der Waals surface area contributed by atoms with Gasteiger partial charge < -0.3 is 14.8 Å². The molecule has 0 bridgehead atoms. The van der Waals surface area contributed by atoms with Gasteiger partial charge in [0.25, 0.3) is 0 Å². The zero-order valence-corrected chi connectivity index (χ0v) is 13.6. The summed E-state index contributed by atoms with van der Waals surface area (Å²) >= 11 is 3.50. The van der Waals surface area contributed by atoms with Gasteiger partial charge in [0.05, 0.1) is 17.3 Å². The number of rotatable bonds is 4. The largest absolute Gasteiger partial charge is 0.496 e. The van der Waals surface area contributed by atoms with E-state index in [-0.39, 0.29) is 0 Å². The molecule has 2 aromatic rings. The third-order valence-corrected chi connectivity index (χ3v) is 4.27. The van der Waals surface area contributed by atoms with E-state index in [0.717, 1.165) is 40.2 Å². The fourth-order valence-electron chi connectivity index (χ4n) is 2.56. The van der Waals surface area contributed by atoms with Gasteiger partial charge in [0, 0.05) is 6.54 Å². The predicted octanol–water partition coefficient (Wildman–Crippen LogP) is 4.39. The van der Waals surface area contributed by atoms with Crippen molar-refractivity contribution in [1.29, 1.82) is 0 Å². The van der Waals surface area contributed by atoms with Crippen LogP contribution in [0.3, 0.4) is 0 Å². The highest BCUT2D eigenvalue weighted by Crippen LogP contribution is 2.33. The molecule has 0 atom stereocenters. The van der Waals surface area contributed by atoms with Gasteiger partial charge in [0.2, 0.25) is 0 Å². The molecule has 1 aliphatic heterocycles. The van der Waals surface area contributed by atoms with Crippen LogP contribution in [-0.4, -0.2) is 13.7 Å². The minimum Gasteiger partial charge on any atom is -0.496 e. The van der Waals surface area contributed by atoms with Crippen molar-refractivity contribution in [2.24, 2.45) is 0 Å². The number of aryl methyl sites for hydroxylation is 1. The Kier molecular flexibility index (Phi) is 4.34. The summed E-state index contributed by atoms with van der Waals surface area (Å²) in [6.45, 7) is 1.56. The molecule has 110 valence electrons. The van der Waals surface area contributed by atoms with Crippen molar-refractivity contribution in [3.05, 3.63) is 52.0 Å². The lowest BCUT2D eigenvalue weighted by atomic mass is 10.0. The van der Waals surface area contributed by atoms with Crippen molar-refractivity contribution in [1.82, 2.24) is 0 Å². The Labute approximate surface area is 133 Å². The van der Waals surface area contributed by atoms with Crippen molar-refractivity contribution in [2.45, 2.75) is 19.4 Å². The Bertz CT molecular complexity index is 643. The molecule has 0 amide bonds. The van der Waals surface area contributed by atoms with Crippen molar-refractivity contribution < 1.29 is 9.47 Å². The minimum atomic E-state index is 0.542. The number of para-hydroxylation sites is 1.